The summed E-state index contributed by atoms with van der Waals surface area (Å²) in [6.45, 7) is 5.14. The van der Waals surface area contributed by atoms with Crippen LogP contribution in [0.1, 0.15) is 31.9 Å². The largest absolute Gasteiger partial charge is 0.299 e. The number of nitrogens with one attached hydrogen (secondary N) is 2. The van der Waals surface area contributed by atoms with E-state index in [4.69, 9.17) is 10.5 Å². The van der Waals surface area contributed by atoms with Crippen molar-refractivity contribution in [3.63, 3.8) is 0 Å². The molecule has 1 rings (SSSR count). The number of rotatable bonds is 3. The fraction of sp³-hybridized carbons (Fsp3) is 0.333. The van der Waals surface area contributed by atoms with Crippen LogP contribution in [0.3, 0.4) is 0 Å². The van der Waals surface area contributed by atoms with Gasteiger partial charge in [-0.3, -0.25) is 4.72 Å². The smallest absolute Gasteiger partial charge is 0.271 e. The minimum absolute atomic E-state index is 0.124. The van der Waals surface area contributed by atoms with Gasteiger partial charge in [0.1, 0.15) is 12.1 Å². The van der Waals surface area contributed by atoms with Gasteiger partial charge in [0, 0.05) is 5.54 Å². The summed E-state index contributed by atoms with van der Waals surface area (Å²) in [5.74, 6) is 0. The quantitative estimate of drug-likeness (QED) is 0.873. The molecular formula is C12H14N4O2S. The second-order valence-corrected chi connectivity index (χ2v) is 6.36. The number of hydrogen-bond acceptors (Lipinski definition) is 4. The topological polar surface area (TPSA) is 106 Å². The van der Waals surface area contributed by atoms with Gasteiger partial charge in [-0.2, -0.15) is 23.7 Å². The van der Waals surface area contributed by atoms with Crippen LogP contribution in [0.2, 0.25) is 0 Å². The lowest BCUT2D eigenvalue weighted by Crippen LogP contribution is -2.43. The maximum absolute atomic E-state index is 11.8. The summed E-state index contributed by atoms with van der Waals surface area (Å²) in [4.78, 5) is 0. The molecule has 1 aromatic rings. The van der Waals surface area contributed by atoms with E-state index in [1.54, 1.807) is 20.8 Å². The van der Waals surface area contributed by atoms with Gasteiger partial charge in [0.15, 0.2) is 0 Å². The average molecular weight is 278 g/mol. The van der Waals surface area contributed by atoms with Gasteiger partial charge >= 0.3 is 0 Å². The van der Waals surface area contributed by atoms with Crippen LogP contribution in [-0.2, 0) is 10.2 Å². The number of nitriles is 2. The van der Waals surface area contributed by atoms with Crippen LogP contribution in [0, 0.1) is 22.7 Å². The fourth-order valence-electron chi connectivity index (χ4n) is 1.38. The van der Waals surface area contributed by atoms with Gasteiger partial charge in [0.05, 0.1) is 16.8 Å². The lowest BCUT2D eigenvalue weighted by molar-refractivity contribution is 0.494. The van der Waals surface area contributed by atoms with Crippen molar-refractivity contribution < 1.29 is 8.42 Å². The lowest BCUT2D eigenvalue weighted by Gasteiger charge is -2.20. The summed E-state index contributed by atoms with van der Waals surface area (Å²) >= 11 is 0. The van der Waals surface area contributed by atoms with Crippen LogP contribution >= 0.6 is 0 Å². The van der Waals surface area contributed by atoms with E-state index in [2.05, 4.69) is 9.44 Å². The molecule has 1 aromatic carbocycles. The van der Waals surface area contributed by atoms with Crippen LogP contribution in [0.15, 0.2) is 18.2 Å². The number of nitrogens with zero attached hydrogens (tertiary/aromatic N) is 2. The molecule has 0 bridgehead atoms. The Bertz CT molecular complexity index is 660. The van der Waals surface area contributed by atoms with E-state index in [0.717, 1.165) is 0 Å². The first-order valence-electron chi connectivity index (χ1n) is 5.43. The molecule has 0 aliphatic rings. The summed E-state index contributed by atoms with van der Waals surface area (Å²) in [5.41, 5.74) is -0.0591. The second-order valence-electron chi connectivity index (χ2n) is 4.94. The Hall–Kier alpha value is -2.09. The predicted molar refractivity (Wildman–Crippen MR) is 71.3 cm³/mol. The first-order valence-corrected chi connectivity index (χ1v) is 6.91. The molecule has 0 aliphatic carbocycles. The molecule has 2 N–H and O–H groups in total. The lowest BCUT2D eigenvalue weighted by atomic mass is 10.1. The molecule has 0 amide bonds. The molecule has 100 valence electrons. The van der Waals surface area contributed by atoms with Crippen LogP contribution in [-0.4, -0.2) is 14.0 Å². The molecule has 0 heterocycles. The van der Waals surface area contributed by atoms with Crippen LogP contribution in [0.4, 0.5) is 5.69 Å². The maximum Gasteiger partial charge on any atom is 0.299 e. The Kier molecular flexibility index (Phi) is 4.15. The van der Waals surface area contributed by atoms with E-state index in [1.807, 2.05) is 12.1 Å². The number of benzene rings is 1. The summed E-state index contributed by atoms with van der Waals surface area (Å²) in [5, 5.41) is 17.6. The van der Waals surface area contributed by atoms with Gasteiger partial charge in [-0.15, -0.1) is 0 Å². The van der Waals surface area contributed by atoms with E-state index in [1.165, 1.54) is 18.2 Å². The Morgan fingerprint density at radius 3 is 2.16 bits per heavy atom. The molecule has 0 atom stereocenters. The highest BCUT2D eigenvalue weighted by atomic mass is 32.2. The Morgan fingerprint density at radius 2 is 1.68 bits per heavy atom. The molecule has 0 unspecified atom stereocenters. The Morgan fingerprint density at radius 1 is 1.11 bits per heavy atom. The zero-order valence-electron chi connectivity index (χ0n) is 10.9. The molecule has 0 spiro atoms. The van der Waals surface area contributed by atoms with Crippen molar-refractivity contribution in [1.82, 2.24) is 4.72 Å². The molecule has 0 saturated carbocycles. The second kappa shape index (κ2) is 5.27. The first-order chi connectivity index (χ1) is 8.67. The number of hydrogen-bond donors (Lipinski definition) is 2. The monoisotopic (exact) mass is 278 g/mol. The van der Waals surface area contributed by atoms with Crippen molar-refractivity contribution in [3.05, 3.63) is 29.3 Å². The summed E-state index contributed by atoms with van der Waals surface area (Å²) in [6, 6.07) is 7.85. The Balaban J connectivity index is 3.03. The molecule has 0 saturated heterocycles. The van der Waals surface area contributed by atoms with Crippen LogP contribution in [0.25, 0.3) is 0 Å². The molecule has 7 heteroatoms. The van der Waals surface area contributed by atoms with E-state index in [9.17, 15) is 8.42 Å². The number of anilines is 1. The van der Waals surface area contributed by atoms with Gasteiger partial charge in [-0.1, -0.05) is 0 Å². The van der Waals surface area contributed by atoms with Crippen molar-refractivity contribution in [2.24, 2.45) is 0 Å². The molecule has 19 heavy (non-hydrogen) atoms. The van der Waals surface area contributed by atoms with Crippen molar-refractivity contribution >= 4 is 15.9 Å². The first kappa shape index (κ1) is 15.0. The van der Waals surface area contributed by atoms with Crippen molar-refractivity contribution in [3.8, 4) is 12.1 Å². The van der Waals surface area contributed by atoms with Gasteiger partial charge < -0.3 is 0 Å². The average Bonchev–Trinajstić information content (AvgIpc) is 2.24. The molecule has 6 nitrogen and oxygen atoms in total. The minimum atomic E-state index is -3.73. The standard InChI is InChI=1S/C12H14N4O2S/c1-12(2,3)16-19(17,18)15-11-5-4-9(7-13)10(6-11)8-14/h4-6,15-16H,1-3H3. The molecule has 0 fully saturated rings. The summed E-state index contributed by atoms with van der Waals surface area (Å²) < 4.78 is 28.3. The highest BCUT2D eigenvalue weighted by Crippen LogP contribution is 2.16. The van der Waals surface area contributed by atoms with E-state index < -0.39 is 15.7 Å². The Labute approximate surface area is 112 Å². The van der Waals surface area contributed by atoms with E-state index in [0.29, 0.717) is 0 Å². The van der Waals surface area contributed by atoms with Gasteiger partial charge in [0.2, 0.25) is 0 Å². The highest BCUT2D eigenvalue weighted by molar-refractivity contribution is 7.90. The zero-order chi connectivity index (χ0) is 14.7. The normalized spacial score (nSPS) is 11.4. The van der Waals surface area contributed by atoms with E-state index >= 15 is 0 Å². The molecule has 0 aromatic heterocycles. The molecular weight excluding hydrogens is 264 g/mol. The van der Waals surface area contributed by atoms with Gasteiger partial charge in [-0.05, 0) is 39.0 Å². The third-order valence-corrected chi connectivity index (χ3v) is 3.34. The van der Waals surface area contributed by atoms with Crippen molar-refractivity contribution in [2.75, 3.05) is 4.72 Å². The van der Waals surface area contributed by atoms with Crippen LogP contribution in [0.5, 0.6) is 0 Å². The van der Waals surface area contributed by atoms with Crippen molar-refractivity contribution in [1.29, 1.82) is 10.5 Å². The molecule has 0 aliphatic heterocycles. The SMILES string of the molecule is CC(C)(C)NS(=O)(=O)Nc1ccc(C#N)c(C#N)c1. The zero-order valence-corrected chi connectivity index (χ0v) is 11.7. The fourth-order valence-corrected chi connectivity index (χ4v) is 2.68. The minimum Gasteiger partial charge on any atom is -0.271 e. The maximum atomic E-state index is 11.8. The summed E-state index contributed by atoms with van der Waals surface area (Å²) in [7, 11) is -3.73. The summed E-state index contributed by atoms with van der Waals surface area (Å²) in [6.07, 6.45) is 0. The third kappa shape index (κ3) is 4.59. The predicted octanol–water partition coefficient (Wildman–Crippen LogP) is 1.47. The van der Waals surface area contributed by atoms with E-state index in [-0.39, 0.29) is 16.8 Å². The van der Waals surface area contributed by atoms with Gasteiger partial charge in [0.25, 0.3) is 10.2 Å². The van der Waals surface area contributed by atoms with Gasteiger partial charge in [-0.25, -0.2) is 0 Å². The van der Waals surface area contributed by atoms with Crippen molar-refractivity contribution in [2.45, 2.75) is 26.3 Å². The molecule has 0 radical (unpaired) electrons. The third-order valence-electron chi connectivity index (χ3n) is 1.95. The highest BCUT2D eigenvalue weighted by Gasteiger charge is 2.19. The van der Waals surface area contributed by atoms with Crippen LogP contribution < -0.4 is 9.44 Å².